The summed E-state index contributed by atoms with van der Waals surface area (Å²) in [6.45, 7) is 5.57. The molecule has 1 amide bonds. The van der Waals surface area contributed by atoms with E-state index < -0.39 is 12.0 Å². The lowest BCUT2D eigenvalue weighted by Gasteiger charge is -2.22. The average molecular weight is 208 g/mol. The number of aliphatic hydroxyl groups excluding tert-OH is 1. The Morgan fingerprint density at radius 2 is 2.13 bits per heavy atom. The van der Waals surface area contributed by atoms with Gasteiger partial charge >= 0.3 is 0 Å². The van der Waals surface area contributed by atoms with E-state index in [1.807, 2.05) is 20.8 Å². The molecule has 0 fully saturated rings. The third-order valence-electron chi connectivity index (χ3n) is 1.71. The van der Waals surface area contributed by atoms with Gasteiger partial charge in [-0.25, -0.2) is 0 Å². The fourth-order valence-electron chi connectivity index (χ4n) is 1.11. The summed E-state index contributed by atoms with van der Waals surface area (Å²) in [5.74, 6) is -0.429. The number of nitrogens with zero attached hydrogens (tertiary/aromatic N) is 1. The maximum absolute atomic E-state index is 11.6. The number of hydrogen-bond donors (Lipinski definition) is 2. The number of pyridine rings is 1. The van der Waals surface area contributed by atoms with Gasteiger partial charge in [-0.1, -0.05) is 6.07 Å². The van der Waals surface area contributed by atoms with E-state index in [9.17, 15) is 9.90 Å². The molecule has 1 aromatic rings. The van der Waals surface area contributed by atoms with Crippen molar-refractivity contribution < 1.29 is 9.90 Å². The Hall–Kier alpha value is -1.42. The number of carbonyl (C=O) groups is 1. The van der Waals surface area contributed by atoms with Gasteiger partial charge in [0.1, 0.15) is 0 Å². The fraction of sp³-hybridized carbons (Fsp3) is 0.455. The van der Waals surface area contributed by atoms with Crippen molar-refractivity contribution in [2.45, 2.75) is 32.4 Å². The number of rotatable bonds is 2. The van der Waals surface area contributed by atoms with Crippen LogP contribution in [0.2, 0.25) is 0 Å². The first-order chi connectivity index (χ1) is 6.90. The van der Waals surface area contributed by atoms with Crippen molar-refractivity contribution >= 4 is 5.91 Å². The van der Waals surface area contributed by atoms with Gasteiger partial charge in [0.05, 0.1) is 5.69 Å². The Bertz CT molecular complexity index is 330. The van der Waals surface area contributed by atoms with E-state index in [2.05, 4.69) is 10.3 Å². The molecule has 4 heteroatoms. The van der Waals surface area contributed by atoms with E-state index in [0.29, 0.717) is 5.69 Å². The van der Waals surface area contributed by atoms with E-state index in [1.54, 1.807) is 24.4 Å². The summed E-state index contributed by atoms with van der Waals surface area (Å²) in [4.78, 5) is 15.5. The predicted molar refractivity (Wildman–Crippen MR) is 57.1 cm³/mol. The maximum Gasteiger partial charge on any atom is 0.255 e. The predicted octanol–water partition coefficient (Wildman–Crippen LogP) is 1.03. The summed E-state index contributed by atoms with van der Waals surface area (Å²) < 4.78 is 0. The van der Waals surface area contributed by atoms with E-state index in [4.69, 9.17) is 0 Å². The van der Waals surface area contributed by atoms with Gasteiger partial charge in [-0.15, -0.1) is 0 Å². The SMILES string of the molecule is CC(C)(C)NC(=O)C(O)c1ccccn1. The lowest BCUT2D eigenvalue weighted by atomic mass is 10.1. The Morgan fingerprint density at radius 3 is 2.60 bits per heavy atom. The minimum absolute atomic E-state index is 0.354. The van der Waals surface area contributed by atoms with Crippen LogP contribution in [0.3, 0.4) is 0 Å². The monoisotopic (exact) mass is 208 g/mol. The zero-order chi connectivity index (χ0) is 11.5. The Morgan fingerprint density at radius 1 is 1.47 bits per heavy atom. The quantitative estimate of drug-likeness (QED) is 0.763. The van der Waals surface area contributed by atoms with Crippen molar-refractivity contribution in [1.82, 2.24) is 10.3 Å². The van der Waals surface area contributed by atoms with Crippen molar-refractivity contribution in [1.29, 1.82) is 0 Å². The van der Waals surface area contributed by atoms with Crippen molar-refractivity contribution in [3.05, 3.63) is 30.1 Å². The molecule has 0 aliphatic carbocycles. The molecule has 1 unspecified atom stereocenters. The molecular formula is C11H16N2O2. The van der Waals surface area contributed by atoms with Crippen LogP contribution < -0.4 is 5.32 Å². The second-order valence-corrected chi connectivity index (χ2v) is 4.40. The van der Waals surface area contributed by atoms with Crippen LogP contribution >= 0.6 is 0 Å². The zero-order valence-electron chi connectivity index (χ0n) is 9.19. The summed E-state index contributed by atoms with van der Waals surface area (Å²) in [7, 11) is 0. The molecule has 0 saturated heterocycles. The lowest BCUT2D eigenvalue weighted by Crippen LogP contribution is -2.43. The van der Waals surface area contributed by atoms with Gasteiger partial charge in [0.2, 0.25) is 0 Å². The van der Waals surface area contributed by atoms with Crippen LogP contribution in [-0.4, -0.2) is 21.5 Å². The van der Waals surface area contributed by atoms with Gasteiger partial charge in [-0.3, -0.25) is 9.78 Å². The Labute approximate surface area is 89.3 Å². The third-order valence-corrected chi connectivity index (χ3v) is 1.71. The van der Waals surface area contributed by atoms with Gasteiger partial charge in [0.15, 0.2) is 6.10 Å². The van der Waals surface area contributed by atoms with Crippen LogP contribution in [0.5, 0.6) is 0 Å². The molecule has 0 bridgehead atoms. The van der Waals surface area contributed by atoms with E-state index in [-0.39, 0.29) is 5.54 Å². The van der Waals surface area contributed by atoms with Gasteiger partial charge in [0.25, 0.3) is 5.91 Å². The van der Waals surface area contributed by atoms with Crippen molar-refractivity contribution in [2.24, 2.45) is 0 Å². The minimum Gasteiger partial charge on any atom is -0.377 e. The molecule has 0 aliphatic heterocycles. The van der Waals surface area contributed by atoms with E-state index in [0.717, 1.165) is 0 Å². The Balaban J connectivity index is 2.70. The van der Waals surface area contributed by atoms with E-state index >= 15 is 0 Å². The molecule has 0 aliphatic rings. The highest BCUT2D eigenvalue weighted by Gasteiger charge is 2.22. The Kier molecular flexibility index (Phi) is 3.42. The highest BCUT2D eigenvalue weighted by molar-refractivity contribution is 5.82. The molecule has 1 rings (SSSR count). The standard InChI is InChI=1S/C11H16N2O2/c1-11(2,3)13-10(15)9(14)8-6-4-5-7-12-8/h4-7,9,14H,1-3H3,(H,13,15). The summed E-state index contributed by atoms with van der Waals surface area (Å²) >= 11 is 0. The van der Waals surface area contributed by atoms with Crippen LogP contribution in [0.15, 0.2) is 24.4 Å². The van der Waals surface area contributed by atoms with Crippen molar-refractivity contribution in [3.8, 4) is 0 Å². The topological polar surface area (TPSA) is 62.2 Å². The summed E-state index contributed by atoms with van der Waals surface area (Å²) in [6.07, 6.45) is 0.341. The number of hydrogen-bond acceptors (Lipinski definition) is 3. The molecule has 4 nitrogen and oxygen atoms in total. The molecule has 1 heterocycles. The molecule has 0 saturated carbocycles. The molecule has 2 N–H and O–H groups in total. The van der Waals surface area contributed by atoms with Crippen LogP contribution in [0.1, 0.15) is 32.6 Å². The normalized spacial score (nSPS) is 13.3. The van der Waals surface area contributed by atoms with Crippen LogP contribution in [0.25, 0.3) is 0 Å². The lowest BCUT2D eigenvalue weighted by molar-refractivity contribution is -0.131. The third kappa shape index (κ3) is 3.67. The highest BCUT2D eigenvalue weighted by Crippen LogP contribution is 2.10. The summed E-state index contributed by atoms with van der Waals surface area (Å²) in [5.41, 5.74) is 0.00609. The largest absolute Gasteiger partial charge is 0.377 e. The molecule has 1 atom stereocenters. The number of aliphatic hydroxyl groups is 1. The fourth-order valence-corrected chi connectivity index (χ4v) is 1.11. The zero-order valence-corrected chi connectivity index (χ0v) is 9.19. The van der Waals surface area contributed by atoms with E-state index in [1.165, 1.54) is 0 Å². The molecular weight excluding hydrogens is 192 g/mol. The van der Waals surface area contributed by atoms with Crippen LogP contribution in [-0.2, 0) is 4.79 Å². The number of carbonyl (C=O) groups excluding carboxylic acids is 1. The first-order valence-electron chi connectivity index (χ1n) is 4.81. The number of aromatic nitrogens is 1. The molecule has 15 heavy (non-hydrogen) atoms. The van der Waals surface area contributed by atoms with Crippen molar-refractivity contribution in [3.63, 3.8) is 0 Å². The molecule has 0 spiro atoms. The second kappa shape index (κ2) is 4.40. The molecule has 1 aromatic heterocycles. The molecule has 0 aromatic carbocycles. The first-order valence-corrected chi connectivity index (χ1v) is 4.81. The summed E-state index contributed by atoms with van der Waals surface area (Å²) in [6, 6.07) is 5.08. The van der Waals surface area contributed by atoms with Crippen LogP contribution in [0.4, 0.5) is 0 Å². The van der Waals surface area contributed by atoms with Gasteiger partial charge in [-0.2, -0.15) is 0 Å². The first kappa shape index (κ1) is 11.7. The molecule has 0 radical (unpaired) electrons. The summed E-state index contributed by atoms with van der Waals surface area (Å²) in [5, 5.41) is 12.4. The average Bonchev–Trinajstić information content (AvgIpc) is 2.15. The number of amides is 1. The minimum atomic E-state index is -1.20. The number of nitrogens with one attached hydrogen (secondary N) is 1. The molecule has 82 valence electrons. The van der Waals surface area contributed by atoms with Gasteiger partial charge < -0.3 is 10.4 Å². The maximum atomic E-state index is 11.6. The smallest absolute Gasteiger partial charge is 0.255 e. The van der Waals surface area contributed by atoms with Gasteiger partial charge in [0, 0.05) is 11.7 Å². The van der Waals surface area contributed by atoms with Gasteiger partial charge in [-0.05, 0) is 32.9 Å². The van der Waals surface area contributed by atoms with Crippen LogP contribution in [0, 0.1) is 0 Å². The highest BCUT2D eigenvalue weighted by atomic mass is 16.3. The van der Waals surface area contributed by atoms with Crippen molar-refractivity contribution in [2.75, 3.05) is 0 Å². The second-order valence-electron chi connectivity index (χ2n) is 4.40.